The fourth-order valence-electron chi connectivity index (χ4n) is 2.80. The second kappa shape index (κ2) is 4.40. The number of hydrogen-bond acceptors (Lipinski definition) is 4. The Bertz CT molecular complexity index is 563. The number of carbonyl (C=O) groups excluding carboxylic acids is 2. The lowest BCUT2D eigenvalue weighted by atomic mass is 9.91. The van der Waals surface area contributed by atoms with Gasteiger partial charge in [0.15, 0.2) is 6.10 Å². The number of nitrogens with zero attached hydrogens (tertiary/aromatic N) is 2. The third-order valence-electron chi connectivity index (χ3n) is 3.72. The molecule has 0 saturated carbocycles. The minimum absolute atomic E-state index is 0.177. The van der Waals surface area contributed by atoms with E-state index in [0.29, 0.717) is 0 Å². The molecule has 0 radical (unpaired) electrons. The van der Waals surface area contributed by atoms with Gasteiger partial charge in [-0.25, -0.2) is 0 Å². The maximum Gasteiger partial charge on any atom is 0.261 e. The zero-order valence-electron chi connectivity index (χ0n) is 10.5. The van der Waals surface area contributed by atoms with Gasteiger partial charge in [0.2, 0.25) is 5.91 Å². The number of likely N-dealkylation sites (tertiary alicyclic amines) is 1. The summed E-state index contributed by atoms with van der Waals surface area (Å²) in [5.41, 5.74) is 0.959. The number of hydrogen-bond donors (Lipinski definition) is 0. The fraction of sp³-hybridized carbons (Fsp3) is 0.385. The summed E-state index contributed by atoms with van der Waals surface area (Å²) < 4.78 is 0.937. The summed E-state index contributed by atoms with van der Waals surface area (Å²) in [4.78, 5) is 30.8. The largest absolute Gasteiger partial charge is 0.284 e. The molecule has 0 unspecified atom stereocenters. The van der Waals surface area contributed by atoms with Crippen molar-refractivity contribution >= 4 is 27.7 Å². The quantitative estimate of drug-likeness (QED) is 0.732. The second-order valence-electron chi connectivity index (χ2n) is 4.83. The standard InChI is InChI=1S/C13H13BrN2O3/c1-15-12(17)9-10(7-4-3-5-8(14)6-7)16(2)19-11(9)13(15)18/h3-6,9-11H,1-2H3/t9-,10-,11+/m0/s1. The van der Waals surface area contributed by atoms with Crippen LogP contribution >= 0.6 is 15.9 Å². The van der Waals surface area contributed by atoms with Crippen LogP contribution in [0.2, 0.25) is 0 Å². The molecule has 2 saturated heterocycles. The molecule has 6 heteroatoms. The lowest BCUT2D eigenvalue weighted by molar-refractivity contribution is -0.168. The number of amides is 2. The van der Waals surface area contributed by atoms with Crippen molar-refractivity contribution in [3.63, 3.8) is 0 Å². The van der Waals surface area contributed by atoms with E-state index >= 15 is 0 Å². The first-order chi connectivity index (χ1) is 9.00. The number of fused-ring (bicyclic) bond motifs is 1. The van der Waals surface area contributed by atoms with E-state index in [1.54, 1.807) is 12.1 Å². The molecule has 0 N–H and O–H groups in total. The van der Waals surface area contributed by atoms with E-state index in [9.17, 15) is 9.59 Å². The highest BCUT2D eigenvalue weighted by Gasteiger charge is 2.57. The van der Waals surface area contributed by atoms with Gasteiger partial charge in [-0.05, 0) is 17.7 Å². The molecule has 2 aliphatic heterocycles. The number of halogens is 1. The molecule has 0 aromatic heterocycles. The van der Waals surface area contributed by atoms with Crippen LogP contribution in [0.25, 0.3) is 0 Å². The molecule has 2 heterocycles. The Morgan fingerprint density at radius 3 is 2.63 bits per heavy atom. The highest BCUT2D eigenvalue weighted by molar-refractivity contribution is 9.10. The molecule has 3 atom stereocenters. The van der Waals surface area contributed by atoms with E-state index in [2.05, 4.69) is 15.9 Å². The summed E-state index contributed by atoms with van der Waals surface area (Å²) in [6.07, 6.45) is -0.688. The Kier molecular flexibility index (Phi) is 2.96. The minimum Gasteiger partial charge on any atom is -0.284 e. The number of hydroxylamine groups is 2. The molecule has 1 aromatic rings. The Labute approximate surface area is 119 Å². The first kappa shape index (κ1) is 12.8. The van der Waals surface area contributed by atoms with Gasteiger partial charge < -0.3 is 0 Å². The Morgan fingerprint density at radius 1 is 1.21 bits per heavy atom. The van der Waals surface area contributed by atoms with Crippen molar-refractivity contribution in [2.45, 2.75) is 12.1 Å². The van der Waals surface area contributed by atoms with Gasteiger partial charge in [-0.3, -0.25) is 19.3 Å². The maximum atomic E-state index is 12.2. The monoisotopic (exact) mass is 324 g/mol. The molecule has 19 heavy (non-hydrogen) atoms. The van der Waals surface area contributed by atoms with Crippen LogP contribution in [0.5, 0.6) is 0 Å². The van der Waals surface area contributed by atoms with Crippen molar-refractivity contribution in [3.8, 4) is 0 Å². The third-order valence-corrected chi connectivity index (χ3v) is 4.21. The van der Waals surface area contributed by atoms with E-state index in [4.69, 9.17) is 4.84 Å². The van der Waals surface area contributed by atoms with E-state index < -0.39 is 12.0 Å². The molecule has 100 valence electrons. The third kappa shape index (κ3) is 1.82. The van der Waals surface area contributed by atoms with Gasteiger partial charge in [-0.15, -0.1) is 0 Å². The topological polar surface area (TPSA) is 49.9 Å². The van der Waals surface area contributed by atoms with Crippen LogP contribution in [0.4, 0.5) is 0 Å². The summed E-state index contributed by atoms with van der Waals surface area (Å²) in [5, 5.41) is 1.61. The number of imide groups is 1. The van der Waals surface area contributed by atoms with Crippen molar-refractivity contribution < 1.29 is 14.4 Å². The molecule has 0 spiro atoms. The van der Waals surface area contributed by atoms with E-state index in [1.165, 1.54) is 7.05 Å². The number of carbonyl (C=O) groups is 2. The summed E-state index contributed by atoms with van der Waals surface area (Å²) in [6.45, 7) is 0. The zero-order chi connectivity index (χ0) is 13.7. The van der Waals surface area contributed by atoms with Crippen LogP contribution in [-0.2, 0) is 14.4 Å². The highest BCUT2D eigenvalue weighted by atomic mass is 79.9. The van der Waals surface area contributed by atoms with Gasteiger partial charge in [0.25, 0.3) is 5.91 Å². The number of benzene rings is 1. The van der Waals surface area contributed by atoms with Gasteiger partial charge in [0, 0.05) is 18.6 Å². The molecule has 3 rings (SSSR count). The van der Waals surface area contributed by atoms with Crippen molar-refractivity contribution in [2.75, 3.05) is 14.1 Å². The summed E-state index contributed by atoms with van der Waals surface area (Å²) in [6, 6.07) is 7.48. The Hall–Kier alpha value is -1.24. The van der Waals surface area contributed by atoms with Gasteiger partial charge in [-0.1, -0.05) is 28.1 Å². The summed E-state index contributed by atoms with van der Waals surface area (Å²) in [5.74, 6) is -0.902. The summed E-state index contributed by atoms with van der Waals surface area (Å²) in [7, 11) is 3.26. The molecule has 1 aromatic carbocycles. The Balaban J connectivity index is 2.02. The molecular formula is C13H13BrN2O3. The van der Waals surface area contributed by atoms with E-state index in [1.807, 2.05) is 24.3 Å². The number of likely N-dealkylation sites (N-methyl/N-ethyl adjacent to an activating group) is 1. The normalized spacial score (nSPS) is 31.1. The predicted octanol–water partition coefficient (Wildman–Crippen LogP) is 1.35. The average Bonchev–Trinajstić information content (AvgIpc) is 2.81. The Morgan fingerprint density at radius 2 is 1.95 bits per heavy atom. The first-order valence-electron chi connectivity index (χ1n) is 5.97. The van der Waals surface area contributed by atoms with Crippen LogP contribution in [0, 0.1) is 5.92 Å². The molecule has 0 aliphatic carbocycles. The number of rotatable bonds is 1. The minimum atomic E-state index is -0.688. The molecular weight excluding hydrogens is 312 g/mol. The zero-order valence-corrected chi connectivity index (χ0v) is 12.1. The molecule has 5 nitrogen and oxygen atoms in total. The van der Waals surface area contributed by atoms with Crippen molar-refractivity contribution in [2.24, 2.45) is 5.92 Å². The molecule has 2 fully saturated rings. The van der Waals surface area contributed by atoms with Crippen molar-refractivity contribution in [1.29, 1.82) is 0 Å². The van der Waals surface area contributed by atoms with E-state index in [-0.39, 0.29) is 17.9 Å². The van der Waals surface area contributed by atoms with Crippen LogP contribution in [0.15, 0.2) is 28.7 Å². The predicted molar refractivity (Wildman–Crippen MR) is 70.8 cm³/mol. The van der Waals surface area contributed by atoms with E-state index in [0.717, 1.165) is 14.9 Å². The second-order valence-corrected chi connectivity index (χ2v) is 5.75. The molecule has 2 aliphatic rings. The smallest absolute Gasteiger partial charge is 0.261 e. The lowest BCUT2D eigenvalue weighted by Gasteiger charge is -2.22. The van der Waals surface area contributed by atoms with Crippen LogP contribution in [0.1, 0.15) is 11.6 Å². The lowest BCUT2D eigenvalue weighted by Crippen LogP contribution is -2.33. The average molecular weight is 325 g/mol. The summed E-state index contributed by atoms with van der Waals surface area (Å²) >= 11 is 3.42. The van der Waals surface area contributed by atoms with Crippen LogP contribution in [0.3, 0.4) is 0 Å². The van der Waals surface area contributed by atoms with Gasteiger partial charge in [0.05, 0.1) is 12.0 Å². The molecule has 2 amide bonds. The van der Waals surface area contributed by atoms with Crippen LogP contribution in [-0.4, -0.2) is 42.0 Å². The van der Waals surface area contributed by atoms with Gasteiger partial charge >= 0.3 is 0 Å². The van der Waals surface area contributed by atoms with Gasteiger partial charge in [-0.2, -0.15) is 5.06 Å². The van der Waals surface area contributed by atoms with Crippen molar-refractivity contribution in [3.05, 3.63) is 34.3 Å². The first-order valence-corrected chi connectivity index (χ1v) is 6.76. The highest BCUT2D eigenvalue weighted by Crippen LogP contribution is 2.43. The SMILES string of the molecule is CN1C(=O)[C@@H]2[C@@H](ON(C)[C@H]2c2cccc(Br)c2)C1=O. The maximum absolute atomic E-state index is 12.2. The van der Waals surface area contributed by atoms with Gasteiger partial charge in [0.1, 0.15) is 0 Å². The fourth-order valence-corrected chi connectivity index (χ4v) is 3.21. The van der Waals surface area contributed by atoms with Crippen molar-refractivity contribution in [1.82, 2.24) is 9.96 Å². The van der Waals surface area contributed by atoms with Crippen LogP contribution < -0.4 is 0 Å². The molecule has 0 bridgehead atoms.